The van der Waals surface area contributed by atoms with E-state index < -0.39 is 5.82 Å². The number of anilines is 1. The summed E-state index contributed by atoms with van der Waals surface area (Å²) in [6.45, 7) is 4.83. The molecule has 1 aliphatic heterocycles. The van der Waals surface area contributed by atoms with E-state index in [1.54, 1.807) is 11.1 Å². The van der Waals surface area contributed by atoms with Gasteiger partial charge in [-0.3, -0.25) is 14.6 Å². The lowest BCUT2D eigenvalue weighted by atomic mass is 9.78. The fourth-order valence-corrected chi connectivity index (χ4v) is 5.12. The Morgan fingerprint density at radius 2 is 2.03 bits per heavy atom. The Kier molecular flexibility index (Phi) is 5.77. The molecule has 1 saturated heterocycles. The summed E-state index contributed by atoms with van der Waals surface area (Å²) in [5.74, 6) is 0.451. The van der Waals surface area contributed by atoms with E-state index in [2.05, 4.69) is 25.3 Å². The van der Waals surface area contributed by atoms with Crippen molar-refractivity contribution in [2.24, 2.45) is 11.8 Å². The zero-order valence-electron chi connectivity index (χ0n) is 18.5. The fourth-order valence-electron chi connectivity index (χ4n) is 4.28. The molecule has 1 saturated carbocycles. The molecule has 2 fully saturated rings. The highest BCUT2D eigenvalue weighted by molar-refractivity contribution is 7.18. The topological polar surface area (TPSA) is 101 Å². The Hall–Kier alpha value is -3.01. The van der Waals surface area contributed by atoms with Crippen molar-refractivity contribution < 1.29 is 14.0 Å². The van der Waals surface area contributed by atoms with E-state index in [0.717, 1.165) is 30.5 Å². The molecule has 1 atom stereocenters. The van der Waals surface area contributed by atoms with Crippen LogP contribution in [0, 0.1) is 24.6 Å². The van der Waals surface area contributed by atoms with Crippen LogP contribution in [0.4, 0.5) is 10.3 Å². The SMILES string of the molecule is Cc1nc2nc(NC(C)c3cncc(F)c3)nc(C(=O)N3CC(CC(=O)C4CCC4)C3)c2s1. The smallest absolute Gasteiger partial charge is 0.274 e. The van der Waals surface area contributed by atoms with Crippen LogP contribution in [0.15, 0.2) is 18.5 Å². The predicted octanol–water partition coefficient (Wildman–Crippen LogP) is 3.93. The van der Waals surface area contributed by atoms with Gasteiger partial charge in [-0.05, 0) is 38.3 Å². The maximum atomic E-state index is 13.6. The van der Waals surface area contributed by atoms with Gasteiger partial charge < -0.3 is 10.2 Å². The number of carbonyl (C=O) groups is 2. The van der Waals surface area contributed by atoms with Gasteiger partial charge in [-0.25, -0.2) is 14.4 Å². The minimum Gasteiger partial charge on any atom is -0.348 e. The fraction of sp³-hybridized carbons (Fsp3) is 0.478. The van der Waals surface area contributed by atoms with Crippen molar-refractivity contribution in [1.29, 1.82) is 0 Å². The molecular weight excluding hydrogens is 443 g/mol. The van der Waals surface area contributed by atoms with Crippen molar-refractivity contribution in [1.82, 2.24) is 24.8 Å². The van der Waals surface area contributed by atoms with Gasteiger partial charge in [0, 0.05) is 37.5 Å². The van der Waals surface area contributed by atoms with Crippen LogP contribution in [0.25, 0.3) is 10.3 Å². The van der Waals surface area contributed by atoms with Crippen LogP contribution in [0.2, 0.25) is 0 Å². The molecule has 1 N–H and O–H groups in total. The highest BCUT2D eigenvalue weighted by atomic mass is 32.1. The number of hydrogen-bond donors (Lipinski definition) is 1. The van der Waals surface area contributed by atoms with Gasteiger partial charge >= 0.3 is 0 Å². The maximum Gasteiger partial charge on any atom is 0.274 e. The van der Waals surface area contributed by atoms with E-state index >= 15 is 0 Å². The lowest BCUT2D eigenvalue weighted by Crippen LogP contribution is -2.51. The summed E-state index contributed by atoms with van der Waals surface area (Å²) in [5.41, 5.74) is 1.41. The first-order valence-electron chi connectivity index (χ1n) is 11.2. The second kappa shape index (κ2) is 8.74. The van der Waals surface area contributed by atoms with Crippen LogP contribution in [-0.4, -0.2) is 49.6 Å². The van der Waals surface area contributed by atoms with E-state index in [-0.39, 0.29) is 29.7 Å². The molecule has 0 bridgehead atoms. The van der Waals surface area contributed by atoms with Gasteiger partial charge in [0.15, 0.2) is 11.3 Å². The first kappa shape index (κ1) is 21.8. The average molecular weight is 469 g/mol. The number of ketones is 1. The molecule has 0 spiro atoms. The minimum absolute atomic E-state index is 0.179. The summed E-state index contributed by atoms with van der Waals surface area (Å²) >= 11 is 1.39. The van der Waals surface area contributed by atoms with E-state index in [0.29, 0.717) is 46.9 Å². The lowest BCUT2D eigenvalue weighted by Gasteiger charge is -2.39. The molecule has 2 aliphatic rings. The third-order valence-corrected chi connectivity index (χ3v) is 7.40. The van der Waals surface area contributed by atoms with Gasteiger partial charge in [-0.15, -0.1) is 11.3 Å². The number of Topliss-reactive ketones (excluding diaryl/α,β-unsaturated/α-hetero) is 1. The Morgan fingerprint density at radius 1 is 1.24 bits per heavy atom. The van der Waals surface area contributed by atoms with E-state index in [4.69, 9.17) is 0 Å². The molecule has 0 aromatic carbocycles. The molecule has 5 rings (SSSR count). The first-order chi connectivity index (χ1) is 15.9. The van der Waals surface area contributed by atoms with E-state index in [9.17, 15) is 14.0 Å². The normalized spacial score (nSPS) is 17.5. The standard InChI is InChI=1S/C23H25FN6O2S/c1-12(16-7-17(24)9-25-8-16)26-23-28-19(20-21(29-23)27-13(2)33-20)22(32)30-10-14(11-30)6-18(31)15-4-3-5-15/h7-9,12,14-15H,3-6,10-11H2,1-2H3,(H,26,28,29). The van der Waals surface area contributed by atoms with Crippen molar-refractivity contribution in [3.8, 4) is 0 Å². The second-order valence-corrected chi connectivity index (χ2v) is 10.2. The molecule has 33 heavy (non-hydrogen) atoms. The number of pyridine rings is 1. The average Bonchev–Trinajstić information content (AvgIpc) is 3.08. The molecule has 172 valence electrons. The number of halogens is 1. The number of fused-ring (bicyclic) bond motifs is 1. The number of hydrogen-bond acceptors (Lipinski definition) is 8. The summed E-state index contributed by atoms with van der Waals surface area (Å²) in [5, 5.41) is 3.93. The molecule has 8 nitrogen and oxygen atoms in total. The van der Waals surface area contributed by atoms with Gasteiger partial charge in [0.2, 0.25) is 5.95 Å². The van der Waals surface area contributed by atoms with Crippen molar-refractivity contribution >= 4 is 39.3 Å². The highest BCUT2D eigenvalue weighted by Gasteiger charge is 2.36. The number of aryl methyl sites for hydroxylation is 1. The monoisotopic (exact) mass is 468 g/mol. The molecule has 3 aromatic heterocycles. The first-order valence-corrected chi connectivity index (χ1v) is 12.0. The van der Waals surface area contributed by atoms with Gasteiger partial charge in [0.25, 0.3) is 5.91 Å². The molecule has 1 amide bonds. The maximum absolute atomic E-state index is 13.6. The van der Waals surface area contributed by atoms with Crippen LogP contribution < -0.4 is 5.32 Å². The second-order valence-electron chi connectivity index (χ2n) is 8.96. The van der Waals surface area contributed by atoms with Gasteiger partial charge in [0.05, 0.1) is 17.2 Å². The third-order valence-electron chi connectivity index (χ3n) is 6.43. The summed E-state index contributed by atoms with van der Waals surface area (Å²) in [4.78, 5) is 44.6. The van der Waals surface area contributed by atoms with Crippen molar-refractivity contribution in [2.75, 3.05) is 18.4 Å². The Morgan fingerprint density at radius 3 is 2.73 bits per heavy atom. The largest absolute Gasteiger partial charge is 0.348 e. The predicted molar refractivity (Wildman–Crippen MR) is 123 cm³/mol. The van der Waals surface area contributed by atoms with Crippen LogP contribution in [0.5, 0.6) is 0 Å². The molecule has 10 heteroatoms. The van der Waals surface area contributed by atoms with Crippen LogP contribution >= 0.6 is 11.3 Å². The molecule has 1 aliphatic carbocycles. The van der Waals surface area contributed by atoms with Gasteiger partial charge in [-0.1, -0.05) is 6.42 Å². The summed E-state index contributed by atoms with van der Waals surface area (Å²) in [7, 11) is 0. The van der Waals surface area contributed by atoms with Crippen molar-refractivity contribution in [2.45, 2.75) is 45.6 Å². The van der Waals surface area contributed by atoms with Crippen molar-refractivity contribution in [3.05, 3.63) is 40.5 Å². The zero-order chi connectivity index (χ0) is 23.1. The Labute approximate surface area is 194 Å². The highest BCUT2D eigenvalue weighted by Crippen LogP contribution is 2.32. The van der Waals surface area contributed by atoms with Crippen molar-refractivity contribution in [3.63, 3.8) is 0 Å². The Bertz CT molecular complexity index is 1220. The zero-order valence-corrected chi connectivity index (χ0v) is 19.4. The van der Waals surface area contributed by atoms with Crippen LogP contribution in [-0.2, 0) is 4.79 Å². The lowest BCUT2D eigenvalue weighted by molar-refractivity contribution is -0.127. The number of rotatable bonds is 7. The molecule has 1 unspecified atom stereocenters. The molecule has 0 radical (unpaired) electrons. The van der Waals surface area contributed by atoms with Gasteiger partial charge in [0.1, 0.15) is 16.3 Å². The number of carbonyl (C=O) groups excluding carboxylic acids is 2. The number of aromatic nitrogens is 4. The Balaban J connectivity index is 1.33. The van der Waals surface area contributed by atoms with E-state index in [1.165, 1.54) is 17.4 Å². The number of nitrogens with zero attached hydrogens (tertiary/aromatic N) is 5. The molecule has 4 heterocycles. The number of likely N-dealkylation sites (tertiary alicyclic amines) is 1. The summed E-state index contributed by atoms with van der Waals surface area (Å²) in [6.07, 6.45) is 6.44. The number of nitrogens with one attached hydrogen (secondary N) is 1. The molecule has 3 aromatic rings. The van der Waals surface area contributed by atoms with E-state index in [1.807, 2.05) is 13.8 Å². The van der Waals surface area contributed by atoms with Crippen LogP contribution in [0.3, 0.4) is 0 Å². The summed E-state index contributed by atoms with van der Waals surface area (Å²) < 4.78 is 14.2. The number of amides is 1. The van der Waals surface area contributed by atoms with Crippen LogP contribution in [0.1, 0.15) is 59.7 Å². The number of thiazole rings is 1. The third kappa shape index (κ3) is 4.44. The minimum atomic E-state index is -0.424. The molecular formula is C23H25FN6O2S. The summed E-state index contributed by atoms with van der Waals surface area (Å²) in [6, 6.07) is 1.08. The van der Waals surface area contributed by atoms with Gasteiger partial charge in [-0.2, -0.15) is 4.98 Å². The quantitative estimate of drug-likeness (QED) is 0.561.